The van der Waals surface area contributed by atoms with Gasteiger partial charge in [0.05, 0.1) is 23.0 Å². The second-order valence-electron chi connectivity index (χ2n) is 11.6. The quantitative estimate of drug-likeness (QED) is 0.275. The van der Waals surface area contributed by atoms with Crippen LogP contribution in [0.3, 0.4) is 0 Å². The van der Waals surface area contributed by atoms with Gasteiger partial charge in [0.15, 0.2) is 11.5 Å². The van der Waals surface area contributed by atoms with Gasteiger partial charge in [-0.05, 0) is 73.9 Å². The molecule has 1 N–H and O–H groups in total. The predicted octanol–water partition coefficient (Wildman–Crippen LogP) is 5.73. The minimum Gasteiger partial charge on any atom is -0.508 e. The average molecular weight is 604 g/mol. The number of rotatable bonds is 5. The van der Waals surface area contributed by atoms with E-state index < -0.39 is 0 Å². The molecule has 0 unspecified atom stereocenters. The van der Waals surface area contributed by atoms with E-state index in [-0.39, 0.29) is 30.4 Å². The molecule has 0 bridgehead atoms. The molecular weight excluding hydrogens is 570 g/mol. The molecule has 1 atom stereocenters. The van der Waals surface area contributed by atoms with Gasteiger partial charge in [-0.25, -0.2) is 0 Å². The molecule has 2 aliphatic rings. The van der Waals surface area contributed by atoms with Crippen LogP contribution in [-0.4, -0.2) is 49.0 Å². The Hall–Kier alpha value is -5.51. The zero-order valence-electron chi connectivity index (χ0n) is 25.5. The first-order chi connectivity index (χ1) is 21.7. The molecule has 4 heterocycles. The Kier molecular flexibility index (Phi) is 6.84. The van der Waals surface area contributed by atoms with E-state index in [1.807, 2.05) is 47.7 Å². The summed E-state index contributed by atoms with van der Waals surface area (Å²) in [5, 5.41) is 14.2. The number of aromatic hydroxyl groups is 1. The lowest BCUT2D eigenvalue weighted by atomic mass is 9.93. The first kappa shape index (κ1) is 28.3. The molecule has 2 aliphatic heterocycles. The molecule has 0 saturated heterocycles. The maximum absolute atomic E-state index is 14.4. The minimum absolute atomic E-state index is 0.00342. The van der Waals surface area contributed by atoms with E-state index in [0.717, 1.165) is 17.7 Å². The normalized spacial score (nSPS) is 15.2. The van der Waals surface area contributed by atoms with E-state index in [1.165, 1.54) is 5.56 Å². The number of amides is 2. The Labute approximate surface area is 260 Å². The third kappa shape index (κ3) is 4.88. The van der Waals surface area contributed by atoms with E-state index in [1.54, 1.807) is 59.4 Å². The van der Waals surface area contributed by atoms with Crippen LogP contribution in [0.4, 0.5) is 11.4 Å². The Morgan fingerprint density at radius 1 is 0.933 bits per heavy atom. The maximum atomic E-state index is 14.4. The van der Waals surface area contributed by atoms with Gasteiger partial charge in [-0.15, -0.1) is 0 Å². The van der Waals surface area contributed by atoms with Crippen molar-refractivity contribution in [2.45, 2.75) is 32.9 Å². The Morgan fingerprint density at radius 3 is 2.36 bits per heavy atom. The number of carbonyl (C=O) groups is 2. The van der Waals surface area contributed by atoms with Gasteiger partial charge in [-0.1, -0.05) is 24.3 Å². The topological polar surface area (TPSA) is 102 Å². The van der Waals surface area contributed by atoms with Crippen molar-refractivity contribution in [1.29, 1.82) is 0 Å². The number of benzene rings is 3. The van der Waals surface area contributed by atoms with Crippen LogP contribution in [0, 0.1) is 6.92 Å². The molecule has 2 amide bonds. The van der Waals surface area contributed by atoms with Crippen LogP contribution in [0.5, 0.6) is 17.2 Å². The van der Waals surface area contributed by atoms with Crippen molar-refractivity contribution in [1.82, 2.24) is 19.2 Å². The van der Waals surface area contributed by atoms with Gasteiger partial charge < -0.3 is 24.0 Å². The Morgan fingerprint density at radius 2 is 1.64 bits per heavy atom. The number of aromatic nitrogens is 3. The lowest BCUT2D eigenvalue weighted by molar-refractivity contribution is 0.0658. The van der Waals surface area contributed by atoms with E-state index in [0.29, 0.717) is 51.8 Å². The summed E-state index contributed by atoms with van der Waals surface area (Å²) < 4.78 is 15.0. The highest BCUT2D eigenvalue weighted by atomic mass is 16.7. The van der Waals surface area contributed by atoms with Gasteiger partial charge >= 0.3 is 0 Å². The van der Waals surface area contributed by atoms with Crippen LogP contribution in [0.25, 0.3) is 11.3 Å². The molecule has 45 heavy (non-hydrogen) atoms. The van der Waals surface area contributed by atoms with Gasteiger partial charge in [0.1, 0.15) is 5.75 Å². The van der Waals surface area contributed by atoms with Crippen LogP contribution in [0.2, 0.25) is 0 Å². The van der Waals surface area contributed by atoms with Crippen LogP contribution in [-0.2, 0) is 27.1 Å². The number of ether oxygens (including phenoxy) is 2. The molecule has 7 rings (SSSR count). The predicted molar refractivity (Wildman–Crippen MR) is 169 cm³/mol. The summed E-state index contributed by atoms with van der Waals surface area (Å²) in [5.74, 6) is 0.777. The minimum atomic E-state index is -0.275. The smallest absolute Gasteiger partial charge is 0.264 e. The fourth-order valence-electron chi connectivity index (χ4n) is 6.24. The highest BCUT2D eigenvalue weighted by Crippen LogP contribution is 2.41. The largest absolute Gasteiger partial charge is 0.508 e. The molecule has 2 aromatic heterocycles. The summed E-state index contributed by atoms with van der Waals surface area (Å²) in [4.78, 5) is 32.2. The number of phenolic OH excluding ortho intramolecular Hbond substituents is 1. The van der Waals surface area contributed by atoms with Crippen molar-refractivity contribution >= 4 is 23.2 Å². The van der Waals surface area contributed by atoms with Crippen LogP contribution in [0.1, 0.15) is 44.5 Å². The molecule has 3 aromatic carbocycles. The van der Waals surface area contributed by atoms with E-state index in [9.17, 15) is 14.7 Å². The van der Waals surface area contributed by atoms with E-state index in [2.05, 4.69) is 24.2 Å². The van der Waals surface area contributed by atoms with E-state index >= 15 is 0 Å². The molecule has 228 valence electrons. The molecule has 5 aromatic rings. The van der Waals surface area contributed by atoms with Gasteiger partial charge in [0.25, 0.3) is 11.8 Å². The molecule has 0 spiro atoms. The van der Waals surface area contributed by atoms with Gasteiger partial charge in [0.2, 0.25) is 6.79 Å². The standard InChI is InChI=1S/C35H33N5O5/c1-21-13-23-7-5-6-8-24(23)18-39(21)34(42)30-16-33-32(44-20-45-33)15-29(30)31-14-28(22(2)38(31)4)35(43)40(26-17-36-37(3)19-26)25-9-11-27(41)12-10-25/h5-12,14-17,19,21,41H,13,18,20H2,1-4H3/t21-/m1/s1. The first-order valence-electron chi connectivity index (χ1n) is 14.8. The summed E-state index contributed by atoms with van der Waals surface area (Å²) in [6.07, 6.45) is 4.15. The summed E-state index contributed by atoms with van der Waals surface area (Å²) in [6.45, 7) is 4.53. The first-order valence-corrected chi connectivity index (χ1v) is 14.8. The molecule has 10 heteroatoms. The van der Waals surface area contributed by atoms with Gasteiger partial charge in [0, 0.05) is 55.5 Å². The molecule has 0 fully saturated rings. The number of nitrogens with zero attached hydrogens (tertiary/aromatic N) is 5. The van der Waals surface area contributed by atoms with Crippen molar-refractivity contribution < 1.29 is 24.2 Å². The highest BCUT2D eigenvalue weighted by Gasteiger charge is 2.33. The number of fused-ring (bicyclic) bond motifs is 2. The fourth-order valence-corrected chi connectivity index (χ4v) is 6.24. The molecular formula is C35H33N5O5. The maximum Gasteiger partial charge on any atom is 0.264 e. The molecule has 0 saturated carbocycles. The number of aryl methyl sites for hydroxylation is 1. The number of phenols is 1. The highest BCUT2D eigenvalue weighted by molar-refractivity contribution is 6.12. The van der Waals surface area contributed by atoms with E-state index in [4.69, 9.17) is 9.47 Å². The Bertz CT molecular complexity index is 1960. The fraction of sp³-hybridized carbons (Fsp3) is 0.229. The van der Waals surface area contributed by atoms with Crippen LogP contribution in [0.15, 0.2) is 79.1 Å². The van der Waals surface area contributed by atoms with Crippen molar-refractivity contribution in [2.75, 3.05) is 11.7 Å². The average Bonchev–Trinajstić information content (AvgIpc) is 3.75. The molecule has 0 aliphatic carbocycles. The number of carbonyl (C=O) groups excluding carboxylic acids is 2. The summed E-state index contributed by atoms with van der Waals surface area (Å²) in [5.41, 5.74) is 6.56. The molecule has 0 radical (unpaired) electrons. The third-order valence-electron chi connectivity index (χ3n) is 8.81. The Balaban J connectivity index is 1.32. The summed E-state index contributed by atoms with van der Waals surface area (Å²) in [6, 6.07) is 20.1. The lowest BCUT2D eigenvalue weighted by Gasteiger charge is -2.35. The second kappa shape index (κ2) is 10.9. The number of hydrogen-bond acceptors (Lipinski definition) is 6. The number of anilines is 2. The summed E-state index contributed by atoms with van der Waals surface area (Å²) in [7, 11) is 3.67. The lowest BCUT2D eigenvalue weighted by Crippen LogP contribution is -2.42. The van der Waals surface area contributed by atoms with Gasteiger partial charge in [-0.2, -0.15) is 5.10 Å². The van der Waals surface area contributed by atoms with Crippen molar-refractivity contribution in [3.05, 3.63) is 107 Å². The summed E-state index contributed by atoms with van der Waals surface area (Å²) >= 11 is 0. The van der Waals surface area contributed by atoms with Crippen LogP contribution < -0.4 is 14.4 Å². The second-order valence-corrected chi connectivity index (χ2v) is 11.6. The van der Waals surface area contributed by atoms with Crippen molar-refractivity contribution in [3.63, 3.8) is 0 Å². The number of hydrogen-bond donors (Lipinski definition) is 1. The molecule has 10 nitrogen and oxygen atoms in total. The zero-order valence-corrected chi connectivity index (χ0v) is 25.5. The van der Waals surface area contributed by atoms with Gasteiger partial charge in [-0.3, -0.25) is 19.2 Å². The monoisotopic (exact) mass is 603 g/mol. The van der Waals surface area contributed by atoms with Crippen LogP contribution >= 0.6 is 0 Å². The van der Waals surface area contributed by atoms with Crippen molar-refractivity contribution in [2.24, 2.45) is 14.1 Å². The third-order valence-corrected chi connectivity index (χ3v) is 8.81. The SMILES string of the molecule is Cc1c(C(=O)N(c2ccc(O)cc2)c2cnn(C)c2)cc(-c2cc3c(cc2C(=O)N2Cc4ccccc4C[C@H]2C)OCO3)n1C. The van der Waals surface area contributed by atoms with Crippen molar-refractivity contribution in [3.8, 4) is 28.5 Å². The zero-order chi connectivity index (χ0) is 31.4.